The first kappa shape index (κ1) is 26.7. The first-order valence-electron chi connectivity index (χ1n) is 12.3. The van der Waals surface area contributed by atoms with Crippen LogP contribution >= 0.6 is 0 Å². The Morgan fingerprint density at radius 2 is 1.82 bits per heavy atom. The van der Waals surface area contributed by atoms with Crippen molar-refractivity contribution in [3.63, 3.8) is 0 Å². The molecule has 1 heterocycles. The Morgan fingerprint density at radius 3 is 2.42 bits per heavy atom. The van der Waals surface area contributed by atoms with Gasteiger partial charge < -0.3 is 20.9 Å². The number of primary amides is 1. The van der Waals surface area contributed by atoms with Gasteiger partial charge in [0.05, 0.1) is 6.10 Å². The maximum atomic E-state index is 14.3. The van der Waals surface area contributed by atoms with E-state index in [1.165, 1.54) is 7.11 Å². The Hall–Kier alpha value is -0.930. The molecular weight excluding hydrogens is 440 g/mol. The number of halogens is 4. The van der Waals surface area contributed by atoms with E-state index in [9.17, 15) is 27.5 Å². The molecule has 8 unspecified atom stereocenters. The van der Waals surface area contributed by atoms with Gasteiger partial charge in [-0.15, -0.1) is 0 Å². The summed E-state index contributed by atoms with van der Waals surface area (Å²) in [5.74, 6) is -0.936. The molecule has 8 atom stereocenters. The van der Waals surface area contributed by atoms with Crippen molar-refractivity contribution in [2.24, 2.45) is 28.9 Å². The quantitative estimate of drug-likeness (QED) is 0.476. The normalized spacial score (nSPS) is 37.8. The second-order valence-electron chi connectivity index (χ2n) is 11.4. The Morgan fingerprint density at radius 1 is 1.12 bits per heavy atom. The van der Waals surface area contributed by atoms with Crippen molar-refractivity contribution in [3.8, 4) is 0 Å². The van der Waals surface area contributed by atoms with E-state index in [2.05, 4.69) is 5.32 Å². The molecule has 0 radical (unpaired) electrons. The molecule has 0 aromatic rings. The topological polar surface area (TPSA) is 84.6 Å². The zero-order valence-electron chi connectivity index (χ0n) is 20.0. The third-order valence-corrected chi connectivity index (χ3v) is 8.55. The molecule has 3 fully saturated rings. The van der Waals surface area contributed by atoms with Crippen LogP contribution < -0.4 is 11.1 Å². The maximum Gasteiger partial charge on any atom is 0.417 e. The number of methoxy groups -OCH3 is 1. The minimum absolute atomic E-state index is 0.0355. The zero-order chi connectivity index (χ0) is 24.6. The fourth-order valence-electron chi connectivity index (χ4n) is 6.86. The number of aliphatic hydroxyl groups is 1. The van der Waals surface area contributed by atoms with Gasteiger partial charge in [-0.05, 0) is 68.6 Å². The lowest BCUT2D eigenvalue weighted by Crippen LogP contribution is -2.54. The zero-order valence-corrected chi connectivity index (χ0v) is 20.0. The number of carbonyl (C=O) groups is 1. The molecule has 0 aromatic carbocycles. The van der Waals surface area contributed by atoms with Gasteiger partial charge in [-0.2, -0.15) is 13.2 Å². The molecule has 2 saturated carbocycles. The number of hydrogen-bond donors (Lipinski definition) is 3. The van der Waals surface area contributed by atoms with E-state index in [1.54, 1.807) is 13.8 Å². The van der Waals surface area contributed by atoms with Crippen LogP contribution in [0.15, 0.2) is 0 Å². The summed E-state index contributed by atoms with van der Waals surface area (Å²) < 4.78 is 62.5. The van der Waals surface area contributed by atoms with Crippen LogP contribution in [0.4, 0.5) is 17.6 Å². The van der Waals surface area contributed by atoms with Crippen molar-refractivity contribution in [2.75, 3.05) is 7.11 Å². The number of hydrogen-bond acceptors (Lipinski definition) is 4. The van der Waals surface area contributed by atoms with Crippen molar-refractivity contribution < 1.29 is 32.2 Å². The van der Waals surface area contributed by atoms with Crippen molar-refractivity contribution >= 4 is 5.91 Å². The molecule has 1 aliphatic heterocycles. The van der Waals surface area contributed by atoms with Crippen LogP contribution in [-0.2, 0) is 9.53 Å². The lowest BCUT2D eigenvalue weighted by Gasteiger charge is -2.47. The Bertz CT molecular complexity index is 689. The Balaban J connectivity index is 1.74. The number of ether oxygens (including phenoxy) is 1. The number of nitrogens with two attached hydrogens (primary N) is 1. The lowest BCUT2D eigenvalue weighted by molar-refractivity contribution is -0.277. The van der Waals surface area contributed by atoms with Gasteiger partial charge in [-0.25, -0.2) is 4.39 Å². The van der Waals surface area contributed by atoms with E-state index in [-0.39, 0.29) is 36.3 Å². The summed E-state index contributed by atoms with van der Waals surface area (Å²) in [6.07, 6.45) is -2.89. The molecule has 0 spiro atoms. The molecule has 0 bridgehead atoms. The second kappa shape index (κ2) is 9.97. The van der Waals surface area contributed by atoms with Gasteiger partial charge >= 0.3 is 6.18 Å². The van der Waals surface area contributed by atoms with E-state index < -0.39 is 48.2 Å². The third kappa shape index (κ3) is 6.01. The molecule has 3 aliphatic rings. The number of nitrogens with one attached hydrogen (secondary N) is 1. The van der Waals surface area contributed by atoms with Gasteiger partial charge in [0.1, 0.15) is 6.17 Å². The molecular formula is C24H40F4N2O3. The molecule has 3 rings (SSSR count). The van der Waals surface area contributed by atoms with Crippen LogP contribution in [0.1, 0.15) is 78.1 Å². The lowest BCUT2D eigenvalue weighted by atomic mass is 9.64. The molecule has 9 heteroatoms. The van der Waals surface area contributed by atoms with Crippen molar-refractivity contribution in [2.45, 2.75) is 114 Å². The van der Waals surface area contributed by atoms with Crippen molar-refractivity contribution in [1.29, 1.82) is 0 Å². The minimum atomic E-state index is -4.82. The average Bonchev–Trinajstić information content (AvgIpc) is 2.94. The van der Waals surface area contributed by atoms with Crippen molar-refractivity contribution in [1.82, 2.24) is 5.32 Å². The van der Waals surface area contributed by atoms with Gasteiger partial charge in [-0.1, -0.05) is 20.3 Å². The Labute approximate surface area is 194 Å². The van der Waals surface area contributed by atoms with Crippen LogP contribution in [0.25, 0.3) is 0 Å². The summed E-state index contributed by atoms with van der Waals surface area (Å²) >= 11 is 0. The molecule has 2 aliphatic carbocycles. The first-order chi connectivity index (χ1) is 15.3. The van der Waals surface area contributed by atoms with Crippen molar-refractivity contribution in [3.05, 3.63) is 0 Å². The fraction of sp³-hybridized carbons (Fsp3) is 0.958. The highest BCUT2D eigenvalue weighted by atomic mass is 19.4. The van der Waals surface area contributed by atoms with Crippen LogP contribution in [0.2, 0.25) is 0 Å². The Kier molecular flexibility index (Phi) is 8.06. The summed E-state index contributed by atoms with van der Waals surface area (Å²) in [4.78, 5) is 11.7. The summed E-state index contributed by atoms with van der Waals surface area (Å²) in [5.41, 5.74) is 1.62. The number of fused-ring (bicyclic) bond motifs is 1. The largest absolute Gasteiger partial charge is 0.417 e. The van der Waals surface area contributed by atoms with Crippen LogP contribution in [0, 0.1) is 23.2 Å². The van der Waals surface area contributed by atoms with E-state index in [0.717, 1.165) is 12.8 Å². The second-order valence-corrected chi connectivity index (χ2v) is 11.4. The van der Waals surface area contributed by atoms with Crippen LogP contribution in [-0.4, -0.2) is 54.3 Å². The minimum Gasteiger partial charge on any atom is -0.381 e. The highest BCUT2D eigenvalue weighted by molar-refractivity contribution is 5.76. The average molecular weight is 481 g/mol. The summed E-state index contributed by atoms with van der Waals surface area (Å²) in [5, 5.41) is 14.4. The number of amides is 1. The molecule has 192 valence electrons. The fourth-order valence-corrected chi connectivity index (χ4v) is 6.86. The molecule has 5 nitrogen and oxygen atoms in total. The molecule has 4 N–H and O–H groups in total. The van der Waals surface area contributed by atoms with E-state index in [4.69, 9.17) is 10.5 Å². The van der Waals surface area contributed by atoms with Gasteiger partial charge in [-0.3, -0.25) is 4.79 Å². The predicted octanol–water partition coefficient (Wildman–Crippen LogP) is 4.26. The van der Waals surface area contributed by atoms with Gasteiger partial charge in [0.25, 0.3) is 0 Å². The molecule has 1 amide bonds. The summed E-state index contributed by atoms with van der Waals surface area (Å²) in [6, 6.07) is -0.471. The predicted molar refractivity (Wildman–Crippen MR) is 117 cm³/mol. The first-order valence-corrected chi connectivity index (χ1v) is 12.3. The summed E-state index contributed by atoms with van der Waals surface area (Å²) in [6.45, 7) is 3.36. The molecule has 33 heavy (non-hydrogen) atoms. The van der Waals surface area contributed by atoms with Crippen LogP contribution in [0.5, 0.6) is 0 Å². The third-order valence-electron chi connectivity index (χ3n) is 8.55. The molecule has 0 aromatic heterocycles. The van der Waals surface area contributed by atoms with E-state index in [1.807, 2.05) is 0 Å². The van der Waals surface area contributed by atoms with Crippen LogP contribution in [0.3, 0.4) is 0 Å². The SMILES string of the molecule is COC1CCC(F)CC1C(C)(C)CC(O)(CC1CC2CC(C(N)=O)CCCC2N1)C(F)(F)F. The highest BCUT2D eigenvalue weighted by Gasteiger charge is 2.59. The van der Waals surface area contributed by atoms with Gasteiger partial charge in [0, 0.05) is 31.5 Å². The highest BCUT2D eigenvalue weighted by Crippen LogP contribution is 2.50. The van der Waals surface area contributed by atoms with Gasteiger partial charge in [0.15, 0.2) is 5.60 Å². The standard InChI is InChI=1S/C24H40F4N2O3/c1-22(2,18-11-16(25)7-8-20(18)33-3)13-23(32,24(26,27)28)12-17-10-15-9-14(21(29)31)5-4-6-19(15)30-17/h14-20,30,32H,4-13H2,1-3H3,(H2,29,31). The van der Waals surface area contributed by atoms with Gasteiger partial charge in [0.2, 0.25) is 5.91 Å². The number of alkyl halides is 4. The monoisotopic (exact) mass is 480 g/mol. The maximum absolute atomic E-state index is 14.3. The summed E-state index contributed by atoms with van der Waals surface area (Å²) in [7, 11) is 1.51. The van der Waals surface area contributed by atoms with E-state index in [0.29, 0.717) is 32.1 Å². The number of carbonyl (C=O) groups excluding carboxylic acids is 1. The number of rotatable bonds is 7. The van der Waals surface area contributed by atoms with E-state index >= 15 is 0 Å². The smallest absolute Gasteiger partial charge is 0.381 e. The molecule has 1 saturated heterocycles.